The molecule has 1 aromatic heterocycles. The average molecular weight is 352 g/mol. The lowest BCUT2D eigenvalue weighted by atomic mass is 10.0. The van der Waals surface area contributed by atoms with Gasteiger partial charge in [0.1, 0.15) is 15.0 Å². The van der Waals surface area contributed by atoms with Crippen molar-refractivity contribution in [2.75, 3.05) is 44.1 Å². The molecule has 21 heavy (non-hydrogen) atoms. The van der Waals surface area contributed by atoms with Gasteiger partial charge >= 0.3 is 0 Å². The van der Waals surface area contributed by atoms with Gasteiger partial charge in [-0.25, -0.2) is 13.4 Å². The van der Waals surface area contributed by atoms with E-state index in [9.17, 15) is 8.42 Å². The summed E-state index contributed by atoms with van der Waals surface area (Å²) in [5.74, 6) is 0.511. The Morgan fingerprint density at radius 1 is 1.48 bits per heavy atom. The van der Waals surface area contributed by atoms with Crippen LogP contribution >= 0.6 is 22.9 Å². The SMILES string of the molecule is CN(C)c1nc(Cl)c(CN2CCC[C@@H](CS(C)(=O)=O)C2)s1. The summed E-state index contributed by atoms with van der Waals surface area (Å²) >= 11 is 7.80. The van der Waals surface area contributed by atoms with Gasteiger partial charge in [-0.3, -0.25) is 4.90 Å². The van der Waals surface area contributed by atoms with E-state index >= 15 is 0 Å². The molecule has 0 amide bonds. The molecule has 8 heteroatoms. The molecule has 0 radical (unpaired) electrons. The van der Waals surface area contributed by atoms with E-state index < -0.39 is 9.84 Å². The van der Waals surface area contributed by atoms with Gasteiger partial charge in [0.05, 0.1) is 10.6 Å². The predicted molar refractivity (Wildman–Crippen MR) is 89.2 cm³/mol. The molecule has 1 aliphatic rings. The zero-order valence-corrected chi connectivity index (χ0v) is 15.1. The van der Waals surface area contributed by atoms with Crippen molar-refractivity contribution in [3.63, 3.8) is 0 Å². The molecule has 1 fully saturated rings. The molecule has 0 saturated carbocycles. The predicted octanol–water partition coefficient (Wildman–Crippen LogP) is 2.12. The summed E-state index contributed by atoms with van der Waals surface area (Å²) in [7, 11) is 0.988. The van der Waals surface area contributed by atoms with Crippen molar-refractivity contribution >= 4 is 37.9 Å². The maximum atomic E-state index is 11.4. The molecule has 1 aromatic rings. The second-order valence-corrected chi connectivity index (χ2v) is 9.55. The van der Waals surface area contributed by atoms with E-state index in [-0.39, 0.29) is 11.7 Å². The van der Waals surface area contributed by atoms with Gasteiger partial charge in [-0.05, 0) is 25.3 Å². The van der Waals surface area contributed by atoms with Gasteiger partial charge in [0.2, 0.25) is 0 Å². The highest BCUT2D eigenvalue weighted by molar-refractivity contribution is 7.90. The van der Waals surface area contributed by atoms with Crippen LogP contribution in [0.2, 0.25) is 5.15 Å². The standard InChI is InChI=1S/C13H22ClN3O2S2/c1-16(2)13-15-12(14)11(20-13)8-17-6-4-5-10(7-17)9-21(3,18)19/h10H,4-9H2,1-3H3/t10-/m1/s1. The molecule has 5 nitrogen and oxygen atoms in total. The molecule has 2 rings (SSSR count). The Balaban J connectivity index is 1.99. The number of hydrogen-bond donors (Lipinski definition) is 0. The minimum Gasteiger partial charge on any atom is -0.354 e. The molecular weight excluding hydrogens is 330 g/mol. The fourth-order valence-corrected chi connectivity index (χ4v) is 5.02. The highest BCUT2D eigenvalue weighted by Gasteiger charge is 2.24. The molecule has 0 spiro atoms. The molecular formula is C13H22ClN3O2S2. The van der Waals surface area contributed by atoms with Gasteiger partial charge in [-0.2, -0.15) is 0 Å². The summed E-state index contributed by atoms with van der Waals surface area (Å²) in [5.41, 5.74) is 0. The third-order valence-electron chi connectivity index (χ3n) is 3.53. The summed E-state index contributed by atoms with van der Waals surface area (Å²) < 4.78 is 22.9. The smallest absolute Gasteiger partial charge is 0.186 e. The van der Waals surface area contributed by atoms with Crippen LogP contribution in [0.5, 0.6) is 0 Å². The van der Waals surface area contributed by atoms with Crippen LogP contribution in [-0.2, 0) is 16.4 Å². The number of piperidine rings is 1. The Labute approximate surface area is 135 Å². The largest absolute Gasteiger partial charge is 0.354 e. The van der Waals surface area contributed by atoms with Crippen molar-refractivity contribution in [2.45, 2.75) is 19.4 Å². The third-order valence-corrected chi connectivity index (χ3v) is 6.24. The molecule has 1 saturated heterocycles. The fourth-order valence-electron chi connectivity index (χ4n) is 2.67. The van der Waals surface area contributed by atoms with Crippen LogP contribution in [0.3, 0.4) is 0 Å². The summed E-state index contributed by atoms with van der Waals surface area (Å²) in [6, 6.07) is 0. The first kappa shape index (κ1) is 17.0. The molecule has 0 aromatic carbocycles. The van der Waals surface area contributed by atoms with Crippen LogP contribution in [0.4, 0.5) is 5.13 Å². The van der Waals surface area contributed by atoms with Gasteiger partial charge in [0.25, 0.3) is 0 Å². The van der Waals surface area contributed by atoms with Crippen molar-refractivity contribution in [1.82, 2.24) is 9.88 Å². The lowest BCUT2D eigenvalue weighted by molar-refractivity contribution is 0.179. The van der Waals surface area contributed by atoms with Crippen molar-refractivity contribution in [1.29, 1.82) is 0 Å². The Hall–Kier alpha value is -0.370. The zero-order chi connectivity index (χ0) is 15.6. The van der Waals surface area contributed by atoms with Crippen LogP contribution in [0, 0.1) is 5.92 Å². The molecule has 2 heterocycles. The molecule has 0 N–H and O–H groups in total. The summed E-state index contributed by atoms with van der Waals surface area (Å²) in [6.45, 7) is 2.56. The van der Waals surface area contributed by atoms with Gasteiger partial charge in [0.15, 0.2) is 5.13 Å². The summed E-state index contributed by atoms with van der Waals surface area (Å²) in [5, 5.41) is 1.47. The van der Waals surface area contributed by atoms with E-state index in [4.69, 9.17) is 11.6 Å². The number of nitrogens with zero attached hydrogens (tertiary/aromatic N) is 3. The fraction of sp³-hybridized carbons (Fsp3) is 0.769. The number of rotatable bonds is 5. The first-order valence-corrected chi connectivity index (χ1v) is 10.2. The van der Waals surface area contributed by atoms with Gasteiger partial charge in [-0.15, -0.1) is 0 Å². The van der Waals surface area contributed by atoms with E-state index in [1.165, 1.54) is 6.26 Å². The zero-order valence-electron chi connectivity index (χ0n) is 12.7. The Morgan fingerprint density at radius 3 is 2.76 bits per heavy atom. The maximum absolute atomic E-state index is 11.4. The van der Waals surface area contributed by atoms with Crippen molar-refractivity contribution in [2.24, 2.45) is 5.92 Å². The second-order valence-electron chi connectivity index (χ2n) is 5.94. The number of halogens is 1. The number of thiazole rings is 1. The first-order chi connectivity index (χ1) is 9.74. The van der Waals surface area contributed by atoms with E-state index in [1.807, 2.05) is 19.0 Å². The van der Waals surface area contributed by atoms with Crippen molar-refractivity contribution in [3.8, 4) is 0 Å². The third kappa shape index (κ3) is 5.09. The highest BCUT2D eigenvalue weighted by atomic mass is 35.5. The van der Waals surface area contributed by atoms with Gasteiger partial charge < -0.3 is 4.90 Å². The Kier molecular flexibility index (Phi) is 5.51. The number of anilines is 1. The average Bonchev–Trinajstić information content (AvgIpc) is 2.69. The topological polar surface area (TPSA) is 53.5 Å². The van der Waals surface area contributed by atoms with Crippen LogP contribution in [0.1, 0.15) is 17.7 Å². The highest BCUT2D eigenvalue weighted by Crippen LogP contribution is 2.30. The van der Waals surface area contributed by atoms with E-state index in [2.05, 4.69) is 9.88 Å². The quantitative estimate of drug-likeness (QED) is 0.813. The molecule has 1 aliphatic heterocycles. The van der Waals surface area contributed by atoms with E-state index in [0.717, 1.165) is 42.5 Å². The number of likely N-dealkylation sites (tertiary alicyclic amines) is 1. The molecule has 0 aliphatic carbocycles. The molecule has 0 bridgehead atoms. The lowest BCUT2D eigenvalue weighted by Crippen LogP contribution is -2.37. The normalized spacial score (nSPS) is 20.7. The van der Waals surface area contributed by atoms with Gasteiger partial charge in [-0.1, -0.05) is 22.9 Å². The van der Waals surface area contributed by atoms with Crippen LogP contribution in [-0.4, -0.2) is 57.5 Å². The molecule has 0 unspecified atom stereocenters. The van der Waals surface area contributed by atoms with Crippen LogP contribution in [0.25, 0.3) is 0 Å². The van der Waals surface area contributed by atoms with Crippen molar-refractivity contribution < 1.29 is 8.42 Å². The minimum atomic E-state index is -2.90. The van der Waals surface area contributed by atoms with Gasteiger partial charge in [0, 0.05) is 33.4 Å². The monoisotopic (exact) mass is 351 g/mol. The minimum absolute atomic E-state index is 0.230. The van der Waals surface area contributed by atoms with E-state index in [0.29, 0.717) is 5.15 Å². The maximum Gasteiger partial charge on any atom is 0.186 e. The van der Waals surface area contributed by atoms with Crippen LogP contribution in [0.15, 0.2) is 0 Å². The second kappa shape index (κ2) is 6.81. The summed E-state index contributed by atoms with van der Waals surface area (Å²) in [4.78, 5) is 9.63. The molecule has 1 atom stereocenters. The lowest BCUT2D eigenvalue weighted by Gasteiger charge is -2.31. The Morgan fingerprint density at radius 2 is 2.19 bits per heavy atom. The number of hydrogen-bond acceptors (Lipinski definition) is 6. The van der Waals surface area contributed by atoms with E-state index in [1.54, 1.807) is 11.3 Å². The van der Waals surface area contributed by atoms with Crippen LogP contribution < -0.4 is 4.90 Å². The number of aromatic nitrogens is 1. The number of sulfone groups is 1. The first-order valence-electron chi connectivity index (χ1n) is 6.97. The van der Waals surface area contributed by atoms with Crippen molar-refractivity contribution in [3.05, 3.63) is 10.0 Å². The Bertz CT molecular complexity index is 586. The molecule has 120 valence electrons. The summed E-state index contributed by atoms with van der Waals surface area (Å²) in [6.07, 6.45) is 3.34.